The van der Waals surface area contributed by atoms with Crippen molar-refractivity contribution in [3.63, 3.8) is 0 Å². The van der Waals surface area contributed by atoms with Crippen LogP contribution in [0, 0.1) is 0 Å². The molecule has 6 rings (SSSR count). The maximum Gasteiger partial charge on any atom is 0.387 e. The number of ether oxygens (including phenoxy) is 1. The Balaban J connectivity index is 1.30. The van der Waals surface area contributed by atoms with Gasteiger partial charge in [0.25, 0.3) is 5.56 Å². The summed E-state index contributed by atoms with van der Waals surface area (Å²) in [5.41, 5.74) is 3.61. The summed E-state index contributed by atoms with van der Waals surface area (Å²) >= 11 is 0. The van der Waals surface area contributed by atoms with Crippen molar-refractivity contribution < 1.29 is 18.3 Å². The summed E-state index contributed by atoms with van der Waals surface area (Å²) in [4.78, 5) is 38.0. The van der Waals surface area contributed by atoms with E-state index in [0.29, 0.717) is 48.6 Å². The molecule has 4 aromatic rings. The molecular formula is C28H29F2N7O3. The molecule has 2 aromatic carbocycles. The second-order valence-electron chi connectivity index (χ2n) is 10.0. The lowest BCUT2D eigenvalue weighted by Gasteiger charge is -2.36. The Morgan fingerprint density at radius 2 is 1.88 bits per heavy atom. The van der Waals surface area contributed by atoms with Crippen molar-refractivity contribution in [2.24, 2.45) is 7.05 Å². The molecule has 0 spiro atoms. The number of carbonyl (C=O) groups excluding carboxylic acids is 1. The number of nitrogens with one attached hydrogen (secondary N) is 1. The molecule has 4 heterocycles. The topological polar surface area (TPSA) is 97.5 Å². The molecule has 208 valence electrons. The van der Waals surface area contributed by atoms with E-state index in [1.54, 1.807) is 42.3 Å². The Morgan fingerprint density at radius 3 is 2.62 bits per heavy atom. The largest absolute Gasteiger partial charge is 0.434 e. The monoisotopic (exact) mass is 549 g/mol. The zero-order valence-corrected chi connectivity index (χ0v) is 22.2. The van der Waals surface area contributed by atoms with Crippen molar-refractivity contribution in [3.05, 3.63) is 70.3 Å². The molecule has 2 fully saturated rings. The van der Waals surface area contributed by atoms with Gasteiger partial charge < -0.3 is 19.9 Å². The van der Waals surface area contributed by atoms with Crippen LogP contribution >= 0.6 is 0 Å². The van der Waals surface area contributed by atoms with E-state index in [2.05, 4.69) is 20.2 Å². The molecule has 2 saturated heterocycles. The van der Waals surface area contributed by atoms with Crippen molar-refractivity contribution in [3.8, 4) is 16.9 Å². The smallest absolute Gasteiger partial charge is 0.387 e. The first-order chi connectivity index (χ1) is 19.3. The molecule has 12 heteroatoms. The first-order valence-corrected chi connectivity index (χ1v) is 13.2. The van der Waals surface area contributed by atoms with Crippen LogP contribution in [0.2, 0.25) is 0 Å². The Hall–Kier alpha value is -4.48. The third-order valence-electron chi connectivity index (χ3n) is 7.72. The third kappa shape index (κ3) is 4.63. The first kappa shape index (κ1) is 25.8. The molecular weight excluding hydrogens is 520 g/mol. The number of fused-ring (bicyclic) bond motifs is 2. The van der Waals surface area contributed by atoms with Gasteiger partial charge in [0, 0.05) is 56.7 Å². The Morgan fingerprint density at radius 1 is 1.07 bits per heavy atom. The Kier molecular flexibility index (Phi) is 6.60. The highest BCUT2D eigenvalue weighted by Crippen LogP contribution is 2.28. The van der Waals surface area contributed by atoms with Gasteiger partial charge in [-0.2, -0.15) is 8.78 Å². The number of amides is 2. The summed E-state index contributed by atoms with van der Waals surface area (Å²) < 4.78 is 34.2. The van der Waals surface area contributed by atoms with E-state index in [-0.39, 0.29) is 29.9 Å². The molecule has 0 aliphatic carbocycles. The van der Waals surface area contributed by atoms with Gasteiger partial charge in [-0.1, -0.05) is 25.1 Å². The first-order valence-electron chi connectivity index (χ1n) is 13.2. The molecule has 2 amide bonds. The molecule has 0 bridgehead atoms. The minimum absolute atomic E-state index is 0.0217. The molecule has 1 atom stereocenters. The number of nitrogens with zero attached hydrogens (tertiary/aromatic N) is 6. The lowest BCUT2D eigenvalue weighted by molar-refractivity contribution is -0.0505. The molecule has 0 unspecified atom stereocenters. The van der Waals surface area contributed by atoms with E-state index in [9.17, 15) is 18.4 Å². The molecule has 40 heavy (non-hydrogen) atoms. The summed E-state index contributed by atoms with van der Waals surface area (Å²) in [6, 6.07) is 10.7. The van der Waals surface area contributed by atoms with Gasteiger partial charge in [-0.05, 0) is 35.7 Å². The average Bonchev–Trinajstić information content (AvgIpc) is 3.45. The minimum Gasteiger partial charge on any atom is -0.434 e. The van der Waals surface area contributed by atoms with Gasteiger partial charge in [0.05, 0.1) is 23.5 Å². The van der Waals surface area contributed by atoms with Crippen molar-refractivity contribution in [1.82, 2.24) is 29.5 Å². The van der Waals surface area contributed by atoms with Crippen LogP contribution in [0.5, 0.6) is 5.75 Å². The summed E-state index contributed by atoms with van der Waals surface area (Å²) in [6.45, 7) is 1.76. The number of hydrogen-bond acceptors (Lipinski definition) is 6. The molecule has 2 aromatic heterocycles. The quantitative estimate of drug-likeness (QED) is 0.380. The van der Waals surface area contributed by atoms with Crippen LogP contribution in [0.15, 0.2) is 53.6 Å². The Labute approximate surface area is 228 Å². The summed E-state index contributed by atoms with van der Waals surface area (Å²) in [6.07, 6.45) is 4.23. The fourth-order valence-electron chi connectivity index (χ4n) is 5.51. The molecule has 1 N–H and O–H groups in total. The van der Waals surface area contributed by atoms with Gasteiger partial charge in [0.15, 0.2) is 0 Å². The number of rotatable bonds is 7. The second kappa shape index (κ2) is 10.2. The number of carbonyl (C=O) groups is 1. The molecule has 10 nitrogen and oxygen atoms in total. The fraction of sp³-hybridized carbons (Fsp3) is 0.357. The van der Waals surface area contributed by atoms with Gasteiger partial charge >= 0.3 is 12.6 Å². The second-order valence-corrected chi connectivity index (χ2v) is 10.0. The van der Waals surface area contributed by atoms with E-state index in [0.717, 1.165) is 23.1 Å². The Bertz CT molecular complexity index is 1630. The number of hydrogen-bond donors (Lipinski definition) is 1. The van der Waals surface area contributed by atoms with Crippen LogP contribution < -0.4 is 20.5 Å². The SMILES string of the molecule is CCc1ccc(OC(F)F)c(Cn2c3cc(-c4cnc(N5CCN6C(=O)NC[C@H]6C5)nc4)ccc3c(=O)n2C)c1. The van der Waals surface area contributed by atoms with Gasteiger partial charge in [0.2, 0.25) is 5.95 Å². The number of benzene rings is 2. The normalized spacial score (nSPS) is 17.0. The van der Waals surface area contributed by atoms with Crippen molar-refractivity contribution in [1.29, 1.82) is 0 Å². The number of aryl methyl sites for hydroxylation is 1. The average molecular weight is 550 g/mol. The van der Waals surface area contributed by atoms with E-state index in [4.69, 9.17) is 4.74 Å². The summed E-state index contributed by atoms with van der Waals surface area (Å²) in [5, 5.41) is 3.39. The van der Waals surface area contributed by atoms with Crippen LogP contribution in [0.1, 0.15) is 18.1 Å². The van der Waals surface area contributed by atoms with E-state index in [1.165, 1.54) is 4.68 Å². The molecule has 2 aliphatic heterocycles. The zero-order valence-electron chi connectivity index (χ0n) is 22.2. The van der Waals surface area contributed by atoms with Crippen molar-refractivity contribution in [2.75, 3.05) is 31.1 Å². The van der Waals surface area contributed by atoms with Crippen LogP contribution in [0.3, 0.4) is 0 Å². The van der Waals surface area contributed by atoms with Gasteiger partial charge in [-0.15, -0.1) is 0 Å². The molecule has 2 aliphatic rings. The highest BCUT2D eigenvalue weighted by Gasteiger charge is 2.36. The number of alkyl halides is 2. The summed E-state index contributed by atoms with van der Waals surface area (Å²) in [5.74, 6) is 0.683. The standard InChI is InChI=1S/C28H29F2N7O3/c1-3-17-4-7-24(40-26(29)30)19(10-17)15-37-23-11-18(5-6-22(23)25(38)34(37)2)20-12-31-27(32-13-20)35-8-9-36-21(16-35)14-33-28(36)39/h4-7,10-13,21,26H,3,8-9,14-16H2,1-2H3,(H,33,39)/t21-/m0/s1. The van der Waals surface area contributed by atoms with Crippen LogP contribution in [-0.2, 0) is 20.0 Å². The maximum absolute atomic E-state index is 13.1. The predicted octanol–water partition coefficient (Wildman–Crippen LogP) is 3.22. The third-order valence-corrected chi connectivity index (χ3v) is 7.72. The maximum atomic E-state index is 13.1. The zero-order chi connectivity index (χ0) is 28.0. The number of piperazine rings is 1. The van der Waals surface area contributed by atoms with Crippen molar-refractivity contribution in [2.45, 2.75) is 32.5 Å². The fourth-order valence-corrected chi connectivity index (χ4v) is 5.51. The lowest BCUT2D eigenvalue weighted by atomic mass is 10.1. The van der Waals surface area contributed by atoms with E-state index in [1.807, 2.05) is 30.0 Å². The van der Waals surface area contributed by atoms with Gasteiger partial charge in [-0.3, -0.25) is 14.2 Å². The molecule has 0 saturated carbocycles. The summed E-state index contributed by atoms with van der Waals surface area (Å²) in [7, 11) is 1.66. The van der Waals surface area contributed by atoms with E-state index < -0.39 is 6.61 Å². The number of halogens is 2. The predicted molar refractivity (Wildman–Crippen MR) is 146 cm³/mol. The van der Waals surface area contributed by atoms with Gasteiger partial charge in [-0.25, -0.2) is 14.8 Å². The molecule has 0 radical (unpaired) electrons. The number of anilines is 1. The van der Waals surface area contributed by atoms with E-state index >= 15 is 0 Å². The van der Waals surface area contributed by atoms with Crippen LogP contribution in [0.4, 0.5) is 19.5 Å². The van der Waals surface area contributed by atoms with Crippen LogP contribution in [-0.4, -0.2) is 69.1 Å². The van der Waals surface area contributed by atoms with Gasteiger partial charge in [0.1, 0.15) is 5.75 Å². The highest BCUT2D eigenvalue weighted by atomic mass is 19.3. The number of aromatic nitrogens is 4. The number of urea groups is 1. The minimum atomic E-state index is -2.95. The van der Waals surface area contributed by atoms with Crippen LogP contribution in [0.25, 0.3) is 22.0 Å². The highest BCUT2D eigenvalue weighted by molar-refractivity contribution is 5.84. The van der Waals surface area contributed by atoms with Crippen molar-refractivity contribution >= 4 is 22.9 Å². The lowest BCUT2D eigenvalue weighted by Crippen LogP contribution is -2.52.